The van der Waals surface area contributed by atoms with Crippen LogP contribution >= 0.6 is 11.6 Å². The van der Waals surface area contributed by atoms with Crippen LogP contribution in [-0.2, 0) is 0 Å². The number of amides is 1. The first-order valence-electron chi connectivity index (χ1n) is 5.91. The van der Waals surface area contributed by atoms with E-state index in [4.69, 9.17) is 21.1 Å². The molecule has 1 amide bonds. The first-order valence-corrected chi connectivity index (χ1v) is 6.29. The molecule has 0 aliphatic carbocycles. The van der Waals surface area contributed by atoms with Gasteiger partial charge in [-0.1, -0.05) is 17.7 Å². The third-order valence-corrected chi connectivity index (χ3v) is 2.84. The molecule has 3 rings (SSSR count). The molecule has 1 aliphatic rings. The highest BCUT2D eigenvalue weighted by Crippen LogP contribution is 2.33. The maximum atomic E-state index is 12.2. The molecular formula is C13H10ClN3O3. The van der Waals surface area contributed by atoms with E-state index in [0.717, 1.165) is 0 Å². The van der Waals surface area contributed by atoms with Gasteiger partial charge in [0.15, 0.2) is 17.3 Å². The van der Waals surface area contributed by atoms with Crippen molar-refractivity contribution in [2.75, 3.05) is 18.5 Å². The molecule has 1 N–H and O–H groups in total. The monoisotopic (exact) mass is 291 g/mol. The summed E-state index contributed by atoms with van der Waals surface area (Å²) in [6, 6.07) is 5.14. The fourth-order valence-electron chi connectivity index (χ4n) is 1.84. The zero-order valence-electron chi connectivity index (χ0n) is 10.3. The van der Waals surface area contributed by atoms with Crippen LogP contribution in [0.3, 0.4) is 0 Å². The topological polar surface area (TPSA) is 73.3 Å². The number of halogens is 1. The molecule has 0 radical (unpaired) electrons. The predicted molar refractivity (Wildman–Crippen MR) is 72.4 cm³/mol. The average Bonchev–Trinajstić information content (AvgIpc) is 2.46. The number of carbonyl (C=O) groups excluding carboxylic acids is 1. The molecule has 0 bridgehead atoms. The number of rotatable bonds is 2. The normalized spacial score (nSPS) is 12.8. The highest BCUT2D eigenvalue weighted by Gasteiger charge is 2.20. The van der Waals surface area contributed by atoms with E-state index in [1.807, 2.05) is 0 Å². The number of para-hydroxylation sites is 1. The number of nitrogens with one attached hydrogen (secondary N) is 1. The lowest BCUT2D eigenvalue weighted by Crippen LogP contribution is -2.20. The van der Waals surface area contributed by atoms with Crippen molar-refractivity contribution in [3.8, 4) is 11.5 Å². The largest absolute Gasteiger partial charge is 0.486 e. The van der Waals surface area contributed by atoms with E-state index in [-0.39, 0.29) is 16.9 Å². The fraction of sp³-hybridized carbons (Fsp3) is 0.154. The molecule has 7 heteroatoms. The Morgan fingerprint density at radius 2 is 2.10 bits per heavy atom. The molecule has 1 aliphatic heterocycles. The van der Waals surface area contributed by atoms with Gasteiger partial charge < -0.3 is 14.8 Å². The molecule has 102 valence electrons. The molecule has 2 heterocycles. The first kappa shape index (κ1) is 12.7. The third-order valence-electron chi connectivity index (χ3n) is 2.66. The third kappa shape index (κ3) is 2.50. The van der Waals surface area contributed by atoms with Crippen LogP contribution in [-0.4, -0.2) is 29.1 Å². The molecular weight excluding hydrogens is 282 g/mol. The number of anilines is 1. The lowest BCUT2D eigenvalue weighted by molar-refractivity contribution is 0.101. The Morgan fingerprint density at radius 3 is 2.95 bits per heavy atom. The second kappa shape index (κ2) is 5.34. The molecule has 0 spiro atoms. The summed E-state index contributed by atoms with van der Waals surface area (Å²) in [4.78, 5) is 20.0. The van der Waals surface area contributed by atoms with E-state index in [1.54, 1.807) is 18.2 Å². The Kier molecular flexibility index (Phi) is 3.39. The highest BCUT2D eigenvalue weighted by atomic mass is 35.5. The fourth-order valence-corrected chi connectivity index (χ4v) is 1.99. The van der Waals surface area contributed by atoms with Gasteiger partial charge in [0, 0.05) is 0 Å². The minimum absolute atomic E-state index is 0.206. The molecule has 1 aromatic carbocycles. The van der Waals surface area contributed by atoms with Crippen LogP contribution in [0.25, 0.3) is 0 Å². The van der Waals surface area contributed by atoms with Crippen LogP contribution < -0.4 is 14.8 Å². The minimum atomic E-state index is -0.357. The zero-order chi connectivity index (χ0) is 13.9. The van der Waals surface area contributed by atoms with Gasteiger partial charge in [-0.2, -0.15) is 0 Å². The van der Waals surface area contributed by atoms with E-state index in [9.17, 15) is 4.79 Å². The van der Waals surface area contributed by atoms with E-state index in [0.29, 0.717) is 30.3 Å². The number of aromatic nitrogens is 2. The molecule has 2 aromatic rings. The minimum Gasteiger partial charge on any atom is -0.486 e. The summed E-state index contributed by atoms with van der Waals surface area (Å²) in [5.74, 6) is 0.910. The molecule has 20 heavy (non-hydrogen) atoms. The second-order valence-electron chi connectivity index (χ2n) is 4.01. The summed E-state index contributed by atoms with van der Waals surface area (Å²) in [6.45, 7) is 0.881. The van der Waals surface area contributed by atoms with Crippen LogP contribution in [0.2, 0.25) is 5.15 Å². The van der Waals surface area contributed by atoms with Gasteiger partial charge in [0.05, 0.1) is 18.0 Å². The van der Waals surface area contributed by atoms with Crippen molar-refractivity contribution in [3.05, 3.63) is 41.3 Å². The summed E-state index contributed by atoms with van der Waals surface area (Å²) in [6.07, 6.45) is 2.80. The van der Waals surface area contributed by atoms with Gasteiger partial charge in [-0.05, 0) is 12.1 Å². The van der Waals surface area contributed by atoms with Gasteiger partial charge in [-0.15, -0.1) is 0 Å². The summed E-state index contributed by atoms with van der Waals surface area (Å²) < 4.78 is 10.9. The standard InChI is InChI=1S/C13H10ClN3O3/c14-10-6-15-7-11(16-10)17-13(18)8-2-1-3-9-12(8)20-5-4-19-9/h1-3,6-7H,4-5H2,(H,16,17,18). The number of carbonyl (C=O) groups is 1. The lowest BCUT2D eigenvalue weighted by atomic mass is 10.1. The maximum absolute atomic E-state index is 12.2. The van der Waals surface area contributed by atoms with Crippen LogP contribution in [0.15, 0.2) is 30.6 Å². The molecule has 0 saturated heterocycles. The SMILES string of the molecule is O=C(Nc1cncc(Cl)n1)c1cccc2c1OCCO2. The number of fused-ring (bicyclic) bond motifs is 1. The Labute approximate surface area is 119 Å². The van der Waals surface area contributed by atoms with Crippen molar-refractivity contribution in [3.63, 3.8) is 0 Å². The van der Waals surface area contributed by atoms with E-state index in [1.165, 1.54) is 12.4 Å². The molecule has 0 fully saturated rings. The second-order valence-corrected chi connectivity index (χ2v) is 4.40. The summed E-state index contributed by atoms with van der Waals surface area (Å²) in [7, 11) is 0. The Bertz CT molecular complexity index is 663. The van der Waals surface area contributed by atoms with Crippen molar-refractivity contribution < 1.29 is 14.3 Å². The van der Waals surface area contributed by atoms with Crippen molar-refractivity contribution in [1.29, 1.82) is 0 Å². The number of hydrogen-bond donors (Lipinski definition) is 1. The first-order chi connectivity index (χ1) is 9.74. The van der Waals surface area contributed by atoms with Gasteiger partial charge in [0.25, 0.3) is 5.91 Å². The van der Waals surface area contributed by atoms with Crippen LogP contribution in [0.1, 0.15) is 10.4 Å². The number of hydrogen-bond acceptors (Lipinski definition) is 5. The number of ether oxygens (including phenoxy) is 2. The average molecular weight is 292 g/mol. The van der Waals surface area contributed by atoms with Gasteiger partial charge in [0.1, 0.15) is 18.4 Å². The molecule has 0 atom stereocenters. The summed E-state index contributed by atoms with van der Waals surface area (Å²) in [5, 5.41) is 2.82. The van der Waals surface area contributed by atoms with Gasteiger partial charge >= 0.3 is 0 Å². The highest BCUT2D eigenvalue weighted by molar-refractivity contribution is 6.29. The van der Waals surface area contributed by atoms with Crippen molar-refractivity contribution >= 4 is 23.3 Å². The van der Waals surface area contributed by atoms with Crippen LogP contribution in [0.5, 0.6) is 11.5 Å². The van der Waals surface area contributed by atoms with Crippen molar-refractivity contribution in [2.24, 2.45) is 0 Å². The Balaban J connectivity index is 1.88. The zero-order valence-corrected chi connectivity index (χ0v) is 11.1. The van der Waals surface area contributed by atoms with Gasteiger partial charge in [-0.3, -0.25) is 9.78 Å². The smallest absolute Gasteiger partial charge is 0.260 e. The van der Waals surface area contributed by atoms with Crippen molar-refractivity contribution in [2.45, 2.75) is 0 Å². The van der Waals surface area contributed by atoms with Gasteiger partial charge in [0.2, 0.25) is 0 Å². The van der Waals surface area contributed by atoms with Gasteiger partial charge in [-0.25, -0.2) is 4.98 Å². The van der Waals surface area contributed by atoms with E-state index in [2.05, 4.69) is 15.3 Å². The Hall–Kier alpha value is -2.34. The number of nitrogens with zero attached hydrogens (tertiary/aromatic N) is 2. The van der Waals surface area contributed by atoms with E-state index < -0.39 is 0 Å². The predicted octanol–water partition coefficient (Wildman–Crippen LogP) is 2.15. The van der Waals surface area contributed by atoms with Crippen LogP contribution in [0.4, 0.5) is 5.82 Å². The van der Waals surface area contributed by atoms with E-state index >= 15 is 0 Å². The Morgan fingerprint density at radius 1 is 1.25 bits per heavy atom. The van der Waals surface area contributed by atoms with Crippen molar-refractivity contribution in [1.82, 2.24) is 9.97 Å². The summed E-state index contributed by atoms with van der Waals surface area (Å²) in [5.41, 5.74) is 0.379. The summed E-state index contributed by atoms with van der Waals surface area (Å²) >= 11 is 5.72. The lowest BCUT2D eigenvalue weighted by Gasteiger charge is -2.20. The molecule has 6 nitrogen and oxygen atoms in total. The molecule has 0 unspecified atom stereocenters. The van der Waals surface area contributed by atoms with Crippen LogP contribution in [0, 0.1) is 0 Å². The quantitative estimate of drug-likeness (QED) is 0.918. The molecule has 0 saturated carbocycles. The molecule has 1 aromatic heterocycles. The number of benzene rings is 1. The maximum Gasteiger partial charge on any atom is 0.260 e.